The molecule has 0 aromatic carbocycles. The zero-order valence-electron chi connectivity index (χ0n) is 22.5. The highest BCUT2D eigenvalue weighted by atomic mass is 19.4. The molecule has 1 aliphatic heterocycles. The predicted molar refractivity (Wildman–Crippen MR) is 139 cm³/mol. The number of alkyl halides is 3. The molecule has 2 amide bonds. The first kappa shape index (κ1) is 29.7. The van der Waals surface area contributed by atoms with E-state index in [0.717, 1.165) is 18.3 Å². The van der Waals surface area contributed by atoms with Crippen molar-refractivity contribution in [2.24, 2.45) is 0 Å². The molecule has 0 spiro atoms. The molecule has 3 aromatic rings. The third kappa shape index (κ3) is 8.14. The Bertz CT molecular complexity index is 1350. The van der Waals surface area contributed by atoms with E-state index in [0.29, 0.717) is 36.8 Å². The van der Waals surface area contributed by atoms with Crippen molar-refractivity contribution in [1.29, 1.82) is 0 Å². The van der Waals surface area contributed by atoms with E-state index >= 15 is 0 Å². The molecule has 3 aromatic heterocycles. The standard InChI is InChI=1S/C27H30F4N6O4/c1-17(2)21-12-32-13-22(28)26(21)40-9-7-23(38)35-19-11-34-37(14-19)16-25(39)36-8-3-4-20(15-36)41-24-6-5-18(10-33-24)27(29,30)31/h5-6,10-14,17,20H,3-4,7-9,15-16H2,1-2H3,(H,35,38)/t20-/m0/s1. The first-order chi connectivity index (χ1) is 19.5. The zero-order chi connectivity index (χ0) is 29.6. The van der Waals surface area contributed by atoms with Crippen LogP contribution in [0.4, 0.5) is 23.2 Å². The van der Waals surface area contributed by atoms with Gasteiger partial charge in [-0.2, -0.15) is 18.3 Å². The Labute approximate surface area is 233 Å². The highest BCUT2D eigenvalue weighted by Crippen LogP contribution is 2.30. The molecule has 10 nitrogen and oxygen atoms in total. The number of rotatable bonds is 10. The summed E-state index contributed by atoms with van der Waals surface area (Å²) in [6, 6.07) is 2.06. The van der Waals surface area contributed by atoms with Crippen LogP contribution < -0.4 is 14.8 Å². The average molecular weight is 579 g/mol. The first-order valence-corrected chi connectivity index (χ1v) is 13.1. The Hall–Kier alpha value is -4.23. The molecular formula is C27H30F4N6O4. The van der Waals surface area contributed by atoms with Crippen LogP contribution in [0.25, 0.3) is 0 Å². The van der Waals surface area contributed by atoms with Gasteiger partial charge in [-0.05, 0) is 24.8 Å². The number of piperidine rings is 1. The number of ether oxygens (including phenoxy) is 2. The van der Waals surface area contributed by atoms with Crippen molar-refractivity contribution in [3.05, 3.63) is 60.1 Å². The van der Waals surface area contributed by atoms with Crippen LogP contribution >= 0.6 is 0 Å². The van der Waals surface area contributed by atoms with Gasteiger partial charge >= 0.3 is 6.18 Å². The number of anilines is 1. The van der Waals surface area contributed by atoms with Gasteiger partial charge in [-0.3, -0.25) is 19.3 Å². The lowest BCUT2D eigenvalue weighted by molar-refractivity contribution is -0.138. The SMILES string of the molecule is CC(C)c1cncc(F)c1OCCC(=O)Nc1cnn(CC(=O)N2CCC[C@H](Oc3ccc(C(F)(F)F)cn3)C2)c1. The van der Waals surface area contributed by atoms with Crippen LogP contribution in [-0.4, -0.2) is 62.3 Å². The third-order valence-corrected chi connectivity index (χ3v) is 6.37. The molecule has 1 saturated heterocycles. The largest absolute Gasteiger partial charge is 0.490 e. The number of nitrogens with zero attached hydrogens (tertiary/aromatic N) is 5. The molecular weight excluding hydrogens is 548 g/mol. The number of hydrogen-bond donors (Lipinski definition) is 1. The zero-order valence-corrected chi connectivity index (χ0v) is 22.5. The van der Waals surface area contributed by atoms with Crippen molar-refractivity contribution in [2.75, 3.05) is 25.0 Å². The fourth-order valence-corrected chi connectivity index (χ4v) is 4.27. The molecule has 1 N–H and O–H groups in total. The number of likely N-dealkylation sites (tertiary alicyclic amines) is 1. The molecule has 220 valence electrons. The fraction of sp³-hybridized carbons (Fsp3) is 0.444. The van der Waals surface area contributed by atoms with Crippen LogP contribution in [0.2, 0.25) is 0 Å². The highest BCUT2D eigenvalue weighted by molar-refractivity contribution is 5.90. The number of hydrogen-bond acceptors (Lipinski definition) is 7. The van der Waals surface area contributed by atoms with Crippen LogP contribution in [0.5, 0.6) is 11.6 Å². The second-order valence-electron chi connectivity index (χ2n) is 9.87. The lowest BCUT2D eigenvalue weighted by atomic mass is 10.0. The van der Waals surface area contributed by atoms with Crippen molar-refractivity contribution in [1.82, 2.24) is 24.6 Å². The van der Waals surface area contributed by atoms with Crippen LogP contribution in [0, 0.1) is 5.82 Å². The molecule has 41 heavy (non-hydrogen) atoms. The number of aromatic nitrogens is 4. The van der Waals surface area contributed by atoms with Gasteiger partial charge in [0.2, 0.25) is 17.7 Å². The molecule has 1 aliphatic rings. The van der Waals surface area contributed by atoms with Gasteiger partial charge in [0.05, 0.1) is 43.2 Å². The quantitative estimate of drug-likeness (QED) is 0.354. The maximum Gasteiger partial charge on any atom is 0.417 e. The van der Waals surface area contributed by atoms with E-state index < -0.39 is 23.7 Å². The van der Waals surface area contributed by atoms with Gasteiger partial charge in [0.1, 0.15) is 12.6 Å². The summed E-state index contributed by atoms with van der Waals surface area (Å²) in [5, 5.41) is 6.79. The van der Waals surface area contributed by atoms with Gasteiger partial charge in [0.25, 0.3) is 0 Å². The van der Waals surface area contributed by atoms with E-state index in [2.05, 4.69) is 20.4 Å². The molecule has 4 rings (SSSR count). The monoisotopic (exact) mass is 578 g/mol. The van der Waals surface area contributed by atoms with E-state index in [4.69, 9.17) is 9.47 Å². The summed E-state index contributed by atoms with van der Waals surface area (Å²) in [5.41, 5.74) is 0.127. The van der Waals surface area contributed by atoms with E-state index in [1.165, 1.54) is 23.3 Å². The summed E-state index contributed by atoms with van der Waals surface area (Å²) in [5.74, 6) is -1.06. The lowest BCUT2D eigenvalue weighted by Gasteiger charge is -2.32. The minimum Gasteiger partial charge on any atom is -0.490 e. The third-order valence-electron chi connectivity index (χ3n) is 6.37. The Morgan fingerprint density at radius 3 is 2.68 bits per heavy atom. The molecule has 4 heterocycles. The Morgan fingerprint density at radius 1 is 1.17 bits per heavy atom. The summed E-state index contributed by atoms with van der Waals surface area (Å²) in [6.45, 7) is 4.40. The average Bonchev–Trinajstić information content (AvgIpc) is 3.35. The molecule has 1 atom stereocenters. The van der Waals surface area contributed by atoms with Crippen LogP contribution in [0.1, 0.15) is 50.2 Å². The topological polar surface area (TPSA) is 111 Å². The summed E-state index contributed by atoms with van der Waals surface area (Å²) >= 11 is 0. The second-order valence-corrected chi connectivity index (χ2v) is 9.87. The van der Waals surface area contributed by atoms with Crippen molar-refractivity contribution < 1.29 is 36.6 Å². The maximum atomic E-state index is 14.1. The number of nitrogens with one attached hydrogen (secondary N) is 1. The van der Waals surface area contributed by atoms with Gasteiger partial charge in [0, 0.05) is 36.8 Å². The summed E-state index contributed by atoms with van der Waals surface area (Å²) in [7, 11) is 0. The van der Waals surface area contributed by atoms with Crippen LogP contribution in [0.15, 0.2) is 43.1 Å². The number of carbonyl (C=O) groups excluding carboxylic acids is 2. The first-order valence-electron chi connectivity index (χ1n) is 13.1. The van der Waals surface area contributed by atoms with Crippen molar-refractivity contribution in [3.63, 3.8) is 0 Å². The summed E-state index contributed by atoms with van der Waals surface area (Å²) < 4.78 is 65.0. The summed E-state index contributed by atoms with van der Waals surface area (Å²) in [4.78, 5) is 34.4. The smallest absolute Gasteiger partial charge is 0.417 e. The van der Waals surface area contributed by atoms with E-state index in [1.807, 2.05) is 13.8 Å². The normalized spacial score (nSPS) is 15.6. The number of halogens is 4. The van der Waals surface area contributed by atoms with Gasteiger partial charge in [0.15, 0.2) is 11.6 Å². The molecule has 14 heteroatoms. The van der Waals surface area contributed by atoms with Crippen molar-refractivity contribution in [2.45, 2.75) is 57.9 Å². The van der Waals surface area contributed by atoms with E-state index in [9.17, 15) is 27.2 Å². The Morgan fingerprint density at radius 2 is 1.98 bits per heavy atom. The van der Waals surface area contributed by atoms with Crippen molar-refractivity contribution >= 4 is 17.5 Å². The molecule has 1 fully saturated rings. The Balaban J connectivity index is 1.23. The highest BCUT2D eigenvalue weighted by Gasteiger charge is 2.31. The molecule has 0 unspecified atom stereocenters. The molecule has 0 bridgehead atoms. The van der Waals surface area contributed by atoms with Crippen LogP contribution in [-0.2, 0) is 22.3 Å². The van der Waals surface area contributed by atoms with Crippen LogP contribution in [0.3, 0.4) is 0 Å². The van der Waals surface area contributed by atoms with Gasteiger partial charge in [-0.15, -0.1) is 0 Å². The second kappa shape index (κ2) is 13.0. The van der Waals surface area contributed by atoms with Gasteiger partial charge < -0.3 is 19.7 Å². The van der Waals surface area contributed by atoms with Crippen molar-refractivity contribution in [3.8, 4) is 11.6 Å². The van der Waals surface area contributed by atoms with E-state index in [-0.39, 0.29) is 55.5 Å². The van der Waals surface area contributed by atoms with Gasteiger partial charge in [-0.25, -0.2) is 9.37 Å². The predicted octanol–water partition coefficient (Wildman–Crippen LogP) is 4.43. The number of pyridine rings is 2. The van der Waals surface area contributed by atoms with Gasteiger partial charge in [-0.1, -0.05) is 13.8 Å². The molecule has 0 aliphatic carbocycles. The minimum absolute atomic E-state index is 0.00466. The number of carbonyl (C=O) groups is 2. The molecule has 0 saturated carbocycles. The summed E-state index contributed by atoms with van der Waals surface area (Å²) in [6.07, 6.45) is 2.58. The van der Waals surface area contributed by atoms with E-state index in [1.54, 1.807) is 4.90 Å². The minimum atomic E-state index is -4.48. The fourth-order valence-electron chi connectivity index (χ4n) is 4.27. The maximum absolute atomic E-state index is 14.1. The molecule has 0 radical (unpaired) electrons. The lowest BCUT2D eigenvalue weighted by Crippen LogP contribution is -2.45. The number of amides is 2. The Kier molecular flexibility index (Phi) is 9.40.